The van der Waals surface area contributed by atoms with Crippen molar-refractivity contribution < 1.29 is 14.7 Å². The highest BCUT2D eigenvalue weighted by Crippen LogP contribution is 2.33. The van der Waals surface area contributed by atoms with Crippen molar-refractivity contribution in [2.45, 2.75) is 45.1 Å². The van der Waals surface area contributed by atoms with Crippen LogP contribution in [0.5, 0.6) is 0 Å². The van der Waals surface area contributed by atoms with E-state index in [0.717, 1.165) is 18.4 Å². The van der Waals surface area contributed by atoms with Gasteiger partial charge in [0.1, 0.15) is 11.7 Å². The Morgan fingerprint density at radius 3 is 2.55 bits per heavy atom. The van der Waals surface area contributed by atoms with Crippen molar-refractivity contribution in [3.8, 4) is 0 Å². The second kappa shape index (κ2) is 6.03. The van der Waals surface area contributed by atoms with Gasteiger partial charge in [0.15, 0.2) is 0 Å². The highest BCUT2D eigenvalue weighted by atomic mass is 16.4. The summed E-state index contributed by atoms with van der Waals surface area (Å²) < 4.78 is 0. The Labute approximate surface area is 118 Å². The number of carbonyl (C=O) groups is 2. The first-order valence-electron chi connectivity index (χ1n) is 6.97. The number of carboxylic acid groups (broad SMARTS) is 1. The van der Waals surface area contributed by atoms with Gasteiger partial charge in [-0.2, -0.15) is 0 Å². The SMILES string of the molecule is CC(C)c1ccc(C(=O)NC(CC2CC2)C(=O)O)nc1. The van der Waals surface area contributed by atoms with Gasteiger partial charge in [0.25, 0.3) is 5.91 Å². The van der Waals surface area contributed by atoms with Crippen LogP contribution in [-0.4, -0.2) is 28.0 Å². The van der Waals surface area contributed by atoms with Crippen LogP contribution in [0.2, 0.25) is 0 Å². The van der Waals surface area contributed by atoms with Gasteiger partial charge < -0.3 is 10.4 Å². The quantitative estimate of drug-likeness (QED) is 0.834. The van der Waals surface area contributed by atoms with E-state index in [1.54, 1.807) is 12.3 Å². The van der Waals surface area contributed by atoms with E-state index in [4.69, 9.17) is 5.11 Å². The summed E-state index contributed by atoms with van der Waals surface area (Å²) in [4.78, 5) is 27.2. The van der Waals surface area contributed by atoms with Crippen LogP contribution in [0.25, 0.3) is 0 Å². The van der Waals surface area contributed by atoms with Crippen molar-refractivity contribution in [3.05, 3.63) is 29.6 Å². The number of aliphatic carboxylic acids is 1. The lowest BCUT2D eigenvalue weighted by molar-refractivity contribution is -0.139. The normalized spacial score (nSPS) is 15.9. The van der Waals surface area contributed by atoms with E-state index in [2.05, 4.69) is 10.3 Å². The number of nitrogens with zero attached hydrogens (tertiary/aromatic N) is 1. The second-order valence-electron chi connectivity index (χ2n) is 5.67. The molecular weight excluding hydrogens is 256 g/mol. The van der Waals surface area contributed by atoms with Gasteiger partial charge in [-0.05, 0) is 29.9 Å². The Hall–Kier alpha value is -1.91. The zero-order chi connectivity index (χ0) is 14.7. The average molecular weight is 276 g/mol. The number of hydrogen-bond donors (Lipinski definition) is 2. The third-order valence-electron chi connectivity index (χ3n) is 3.56. The minimum Gasteiger partial charge on any atom is -0.480 e. The maximum absolute atomic E-state index is 12.0. The first kappa shape index (κ1) is 14.5. The third kappa shape index (κ3) is 3.79. The molecule has 108 valence electrons. The largest absolute Gasteiger partial charge is 0.480 e. The van der Waals surface area contributed by atoms with E-state index >= 15 is 0 Å². The molecule has 1 fully saturated rings. The van der Waals surface area contributed by atoms with Crippen LogP contribution >= 0.6 is 0 Å². The lowest BCUT2D eigenvalue weighted by Crippen LogP contribution is -2.41. The summed E-state index contributed by atoms with van der Waals surface area (Å²) in [6.07, 6.45) is 4.28. The molecule has 1 saturated carbocycles. The van der Waals surface area contributed by atoms with Crippen LogP contribution < -0.4 is 5.32 Å². The van der Waals surface area contributed by atoms with Gasteiger partial charge in [-0.3, -0.25) is 9.78 Å². The zero-order valence-electron chi connectivity index (χ0n) is 11.8. The van der Waals surface area contributed by atoms with Crippen LogP contribution in [0.4, 0.5) is 0 Å². The molecule has 2 rings (SSSR count). The molecule has 0 spiro atoms. The number of amides is 1. The molecule has 5 heteroatoms. The molecule has 1 atom stereocenters. The molecule has 0 bridgehead atoms. The summed E-state index contributed by atoms with van der Waals surface area (Å²) in [5, 5.41) is 11.7. The van der Waals surface area contributed by atoms with E-state index in [1.165, 1.54) is 0 Å². The molecule has 5 nitrogen and oxygen atoms in total. The van der Waals surface area contributed by atoms with Crippen LogP contribution in [0.15, 0.2) is 18.3 Å². The Bertz CT molecular complexity index is 492. The van der Waals surface area contributed by atoms with Crippen molar-refractivity contribution in [2.75, 3.05) is 0 Å². The zero-order valence-corrected chi connectivity index (χ0v) is 11.8. The van der Waals surface area contributed by atoms with Gasteiger partial charge in [0.2, 0.25) is 0 Å². The standard InChI is InChI=1S/C15H20N2O3/c1-9(2)11-5-6-12(16-8-11)14(18)17-13(15(19)20)7-10-3-4-10/h5-6,8-10,13H,3-4,7H2,1-2H3,(H,17,18)(H,19,20). The minimum atomic E-state index is -0.982. The molecule has 0 aromatic carbocycles. The fourth-order valence-electron chi connectivity index (χ4n) is 2.02. The van der Waals surface area contributed by atoms with Crippen molar-refractivity contribution in [2.24, 2.45) is 5.92 Å². The molecule has 0 saturated heterocycles. The van der Waals surface area contributed by atoms with Gasteiger partial charge in [-0.1, -0.05) is 32.8 Å². The van der Waals surface area contributed by atoms with Gasteiger partial charge in [0, 0.05) is 6.20 Å². The summed E-state index contributed by atoms with van der Waals surface area (Å²) in [5.74, 6) is -0.619. The predicted octanol–water partition coefficient (Wildman–Crippen LogP) is 2.19. The minimum absolute atomic E-state index is 0.261. The summed E-state index contributed by atoms with van der Waals surface area (Å²) in [6, 6.07) is 2.67. The highest BCUT2D eigenvalue weighted by Gasteiger charge is 2.30. The van der Waals surface area contributed by atoms with Gasteiger partial charge in [-0.25, -0.2) is 4.79 Å². The van der Waals surface area contributed by atoms with Crippen LogP contribution in [0, 0.1) is 5.92 Å². The Morgan fingerprint density at radius 2 is 2.10 bits per heavy atom. The van der Waals surface area contributed by atoms with Crippen molar-refractivity contribution in [1.29, 1.82) is 0 Å². The van der Waals surface area contributed by atoms with Crippen LogP contribution in [-0.2, 0) is 4.79 Å². The summed E-state index contributed by atoms with van der Waals surface area (Å²) in [5.41, 5.74) is 1.31. The monoisotopic (exact) mass is 276 g/mol. The van der Waals surface area contributed by atoms with Crippen molar-refractivity contribution in [3.63, 3.8) is 0 Å². The smallest absolute Gasteiger partial charge is 0.326 e. The first-order chi connectivity index (χ1) is 9.47. The molecule has 1 aliphatic carbocycles. The molecule has 1 heterocycles. The number of rotatable bonds is 6. The van der Waals surface area contributed by atoms with Gasteiger partial charge >= 0.3 is 5.97 Å². The van der Waals surface area contributed by atoms with Gasteiger partial charge in [0.05, 0.1) is 0 Å². The molecule has 1 aromatic heterocycles. The fraction of sp³-hybridized carbons (Fsp3) is 0.533. The number of aromatic nitrogens is 1. The number of pyridine rings is 1. The molecule has 1 amide bonds. The maximum atomic E-state index is 12.0. The molecule has 1 aromatic rings. The molecule has 1 aliphatic rings. The van der Waals surface area contributed by atoms with E-state index < -0.39 is 17.9 Å². The Balaban J connectivity index is 2.00. The molecule has 2 N–H and O–H groups in total. The van der Waals surface area contributed by atoms with Crippen molar-refractivity contribution >= 4 is 11.9 Å². The fourth-order valence-corrected chi connectivity index (χ4v) is 2.02. The summed E-state index contributed by atoms with van der Waals surface area (Å²) in [6.45, 7) is 4.10. The molecule has 20 heavy (non-hydrogen) atoms. The highest BCUT2D eigenvalue weighted by molar-refractivity contribution is 5.94. The van der Waals surface area contributed by atoms with E-state index in [-0.39, 0.29) is 5.69 Å². The van der Waals surface area contributed by atoms with Crippen LogP contribution in [0.1, 0.15) is 55.1 Å². The Kier molecular flexibility index (Phi) is 4.37. The summed E-state index contributed by atoms with van der Waals surface area (Å²) in [7, 11) is 0. The molecular formula is C15H20N2O3. The third-order valence-corrected chi connectivity index (χ3v) is 3.56. The van der Waals surface area contributed by atoms with Crippen LogP contribution in [0.3, 0.4) is 0 Å². The lowest BCUT2D eigenvalue weighted by atomic mass is 10.1. The topological polar surface area (TPSA) is 79.3 Å². The average Bonchev–Trinajstić information content (AvgIpc) is 3.21. The maximum Gasteiger partial charge on any atom is 0.326 e. The molecule has 1 unspecified atom stereocenters. The lowest BCUT2D eigenvalue weighted by Gasteiger charge is -2.14. The predicted molar refractivity (Wildman–Crippen MR) is 74.6 cm³/mol. The van der Waals surface area contributed by atoms with Crippen molar-refractivity contribution in [1.82, 2.24) is 10.3 Å². The summed E-state index contributed by atoms with van der Waals surface area (Å²) >= 11 is 0. The number of hydrogen-bond acceptors (Lipinski definition) is 3. The first-order valence-corrected chi connectivity index (χ1v) is 6.97. The number of carbonyl (C=O) groups excluding carboxylic acids is 1. The van der Waals surface area contributed by atoms with E-state index in [1.807, 2.05) is 19.9 Å². The molecule has 0 radical (unpaired) electrons. The van der Waals surface area contributed by atoms with E-state index in [0.29, 0.717) is 18.3 Å². The number of carboxylic acids is 1. The number of nitrogens with one attached hydrogen (secondary N) is 1. The Morgan fingerprint density at radius 1 is 1.40 bits per heavy atom. The van der Waals surface area contributed by atoms with Gasteiger partial charge in [-0.15, -0.1) is 0 Å². The van der Waals surface area contributed by atoms with E-state index in [9.17, 15) is 9.59 Å². The second-order valence-corrected chi connectivity index (χ2v) is 5.67. The molecule has 0 aliphatic heterocycles.